The molecule has 1 aliphatic rings. The van der Waals surface area contributed by atoms with E-state index in [0.717, 1.165) is 45.0 Å². The fourth-order valence-corrected chi connectivity index (χ4v) is 2.84. The average molecular weight is 331 g/mol. The zero-order valence-corrected chi connectivity index (χ0v) is 16.0. The van der Waals surface area contributed by atoms with Gasteiger partial charge >= 0.3 is 0 Å². The summed E-state index contributed by atoms with van der Waals surface area (Å²) < 4.78 is 11.5. The Morgan fingerprint density at radius 3 is 2.30 bits per heavy atom. The molecular weight excluding hydrogens is 292 g/mol. The molecule has 0 unspecified atom stereocenters. The minimum atomic E-state index is -0.424. The molecule has 4 heteroatoms. The number of ether oxygens (including phenoxy) is 2. The van der Waals surface area contributed by atoms with Gasteiger partial charge in [0.1, 0.15) is 6.29 Å². The lowest BCUT2D eigenvalue weighted by Crippen LogP contribution is -2.45. The fraction of sp³-hybridized carbons (Fsp3) is 0.947. The van der Waals surface area contributed by atoms with Crippen molar-refractivity contribution in [2.24, 2.45) is 11.8 Å². The number of carbonyl (C=O) groups excluding carboxylic acids is 1. The number of carbonyl (C=O) groups is 1. The molecule has 1 saturated heterocycles. The first-order valence-corrected chi connectivity index (χ1v) is 9.30. The topological polar surface area (TPSA) is 55.8 Å². The Kier molecular flexibility index (Phi) is 11.8. The monoisotopic (exact) mass is 330 g/mol. The van der Waals surface area contributed by atoms with Gasteiger partial charge < -0.3 is 19.4 Å². The maximum Gasteiger partial charge on any atom is 0.163 e. The highest BCUT2D eigenvalue weighted by molar-refractivity contribution is 5.54. The van der Waals surface area contributed by atoms with Crippen LogP contribution in [0.2, 0.25) is 0 Å². The minimum absolute atomic E-state index is 0.153. The molecule has 1 aliphatic heterocycles. The van der Waals surface area contributed by atoms with Crippen LogP contribution in [0.15, 0.2) is 0 Å². The molecule has 0 spiro atoms. The largest absolute Gasteiger partial charge is 0.392 e. The van der Waals surface area contributed by atoms with Gasteiger partial charge in [-0.2, -0.15) is 0 Å². The van der Waals surface area contributed by atoms with Gasteiger partial charge in [-0.3, -0.25) is 0 Å². The van der Waals surface area contributed by atoms with Crippen molar-refractivity contribution < 1.29 is 19.4 Å². The van der Waals surface area contributed by atoms with E-state index >= 15 is 0 Å². The zero-order chi connectivity index (χ0) is 17.9. The minimum Gasteiger partial charge on any atom is -0.392 e. The summed E-state index contributed by atoms with van der Waals surface area (Å²) in [6.07, 6.45) is 6.74. The third-order valence-corrected chi connectivity index (χ3v) is 4.43. The van der Waals surface area contributed by atoms with Crippen LogP contribution in [-0.2, 0) is 14.3 Å². The summed E-state index contributed by atoms with van der Waals surface area (Å²) in [5, 5.41) is 9.28. The summed E-state index contributed by atoms with van der Waals surface area (Å²) in [5.74, 6) is 0.0684. The molecule has 0 aromatic rings. The molecule has 4 atom stereocenters. The van der Waals surface area contributed by atoms with Crippen LogP contribution in [-0.4, -0.2) is 36.0 Å². The van der Waals surface area contributed by atoms with Crippen LogP contribution < -0.4 is 0 Å². The highest BCUT2D eigenvalue weighted by Gasteiger charge is 2.34. The van der Waals surface area contributed by atoms with E-state index in [1.165, 1.54) is 6.42 Å². The van der Waals surface area contributed by atoms with Crippen LogP contribution >= 0.6 is 0 Å². The second-order valence-corrected chi connectivity index (χ2v) is 6.89. The first-order chi connectivity index (χ1) is 10.8. The Bertz CT molecular complexity index is 304. The Labute approximate surface area is 142 Å². The van der Waals surface area contributed by atoms with Crippen LogP contribution in [0.25, 0.3) is 0 Å². The standard InChI is InChI=1S/C11H22O2.C8H16O2/c1-5-7-10-9(6-2)8-12-11(3,4)13-10;1-3-5-8(10)7(4-2)6-9/h9-10H,5-8H2,1-4H3;6-8,10H,3-5H2,1-2H3/t9-,10-;7-,8-/m11/s1. The lowest BCUT2D eigenvalue weighted by molar-refractivity contribution is -0.294. The summed E-state index contributed by atoms with van der Waals surface area (Å²) in [6, 6.07) is 0. The summed E-state index contributed by atoms with van der Waals surface area (Å²) >= 11 is 0. The van der Waals surface area contributed by atoms with Crippen LogP contribution in [0, 0.1) is 11.8 Å². The number of hydrogen-bond acceptors (Lipinski definition) is 4. The average Bonchev–Trinajstić information content (AvgIpc) is 2.49. The lowest BCUT2D eigenvalue weighted by atomic mass is 9.95. The van der Waals surface area contributed by atoms with Crippen molar-refractivity contribution in [3.8, 4) is 0 Å². The molecule has 0 saturated carbocycles. The molecule has 0 radical (unpaired) electrons. The Morgan fingerprint density at radius 2 is 1.87 bits per heavy atom. The zero-order valence-electron chi connectivity index (χ0n) is 16.0. The van der Waals surface area contributed by atoms with Gasteiger partial charge in [-0.15, -0.1) is 0 Å². The van der Waals surface area contributed by atoms with Crippen molar-refractivity contribution in [2.75, 3.05) is 6.61 Å². The van der Waals surface area contributed by atoms with Crippen LogP contribution in [0.5, 0.6) is 0 Å². The Morgan fingerprint density at radius 1 is 1.22 bits per heavy atom. The van der Waals surface area contributed by atoms with Crippen molar-refractivity contribution in [2.45, 2.75) is 98.1 Å². The first-order valence-electron chi connectivity index (χ1n) is 9.30. The molecule has 1 N–H and O–H groups in total. The molecule has 1 heterocycles. The van der Waals surface area contributed by atoms with Gasteiger partial charge in [0.25, 0.3) is 0 Å². The maximum absolute atomic E-state index is 10.3. The quantitative estimate of drug-likeness (QED) is 0.673. The van der Waals surface area contributed by atoms with Crippen molar-refractivity contribution in [3.63, 3.8) is 0 Å². The molecule has 4 nitrogen and oxygen atoms in total. The van der Waals surface area contributed by atoms with E-state index in [4.69, 9.17) is 9.47 Å². The molecule has 0 aromatic carbocycles. The third-order valence-electron chi connectivity index (χ3n) is 4.43. The normalized spacial score (nSPS) is 25.9. The second-order valence-electron chi connectivity index (χ2n) is 6.89. The number of rotatable bonds is 8. The van der Waals surface area contributed by atoms with Gasteiger partial charge in [0.2, 0.25) is 0 Å². The van der Waals surface area contributed by atoms with Crippen molar-refractivity contribution in [3.05, 3.63) is 0 Å². The van der Waals surface area contributed by atoms with E-state index in [1.54, 1.807) is 0 Å². The fourth-order valence-electron chi connectivity index (χ4n) is 2.84. The predicted octanol–water partition coefficient (Wildman–Crippen LogP) is 4.34. The van der Waals surface area contributed by atoms with Crippen molar-refractivity contribution in [1.82, 2.24) is 0 Å². The molecule has 0 bridgehead atoms. The van der Waals surface area contributed by atoms with Gasteiger partial charge in [-0.25, -0.2) is 0 Å². The number of aliphatic hydroxyl groups is 1. The van der Waals surface area contributed by atoms with Crippen LogP contribution in [0.3, 0.4) is 0 Å². The highest BCUT2D eigenvalue weighted by Crippen LogP contribution is 2.30. The smallest absolute Gasteiger partial charge is 0.163 e. The number of aldehydes is 1. The molecule has 1 rings (SSSR count). The summed E-state index contributed by atoms with van der Waals surface area (Å²) in [7, 11) is 0. The van der Waals surface area contributed by atoms with Crippen LogP contribution in [0.4, 0.5) is 0 Å². The Hall–Kier alpha value is -0.450. The van der Waals surface area contributed by atoms with Crippen LogP contribution in [0.1, 0.15) is 80.1 Å². The lowest BCUT2D eigenvalue weighted by Gasteiger charge is -2.41. The SMILES string of the molecule is CCC[C@@H](O)[C@@H](C=O)CC.CCC[C@H]1OC(C)(C)OC[C@H]1CC. The molecule has 1 fully saturated rings. The molecule has 23 heavy (non-hydrogen) atoms. The summed E-state index contributed by atoms with van der Waals surface area (Å²) in [6.45, 7) is 13.2. The molecule has 0 aromatic heterocycles. The van der Waals surface area contributed by atoms with Gasteiger partial charge in [0, 0.05) is 11.8 Å². The van der Waals surface area contributed by atoms with Gasteiger partial charge in [0.05, 0.1) is 18.8 Å². The molecule has 138 valence electrons. The first kappa shape index (κ1) is 22.6. The highest BCUT2D eigenvalue weighted by atomic mass is 16.7. The van der Waals surface area contributed by atoms with Gasteiger partial charge in [-0.1, -0.05) is 40.5 Å². The number of aliphatic hydroxyl groups excluding tert-OH is 1. The molecule has 0 aliphatic carbocycles. The van der Waals surface area contributed by atoms with Gasteiger partial charge in [-0.05, 0) is 39.5 Å². The predicted molar refractivity (Wildman–Crippen MR) is 94.4 cm³/mol. The summed E-state index contributed by atoms with van der Waals surface area (Å²) in [4.78, 5) is 10.3. The number of hydrogen-bond donors (Lipinski definition) is 1. The van der Waals surface area contributed by atoms with Crippen molar-refractivity contribution >= 4 is 6.29 Å². The van der Waals surface area contributed by atoms with E-state index in [1.807, 2.05) is 27.7 Å². The van der Waals surface area contributed by atoms with E-state index in [2.05, 4.69) is 13.8 Å². The van der Waals surface area contributed by atoms with Crippen molar-refractivity contribution in [1.29, 1.82) is 0 Å². The van der Waals surface area contributed by atoms with E-state index in [9.17, 15) is 9.90 Å². The Balaban J connectivity index is 0.000000438. The van der Waals surface area contributed by atoms with E-state index in [0.29, 0.717) is 12.0 Å². The third kappa shape index (κ3) is 8.83. The van der Waals surface area contributed by atoms with Gasteiger partial charge in [0.15, 0.2) is 5.79 Å². The molecular formula is C19H38O4. The summed E-state index contributed by atoms with van der Waals surface area (Å²) in [5.41, 5.74) is 0. The molecule has 0 amide bonds. The maximum atomic E-state index is 10.3. The van der Waals surface area contributed by atoms with E-state index in [-0.39, 0.29) is 11.7 Å². The van der Waals surface area contributed by atoms with E-state index < -0.39 is 6.10 Å². The second kappa shape index (κ2) is 12.0.